The van der Waals surface area contributed by atoms with Crippen molar-refractivity contribution in [2.24, 2.45) is 4.99 Å². The molecule has 0 aliphatic carbocycles. The van der Waals surface area contributed by atoms with Crippen molar-refractivity contribution in [3.63, 3.8) is 0 Å². The van der Waals surface area contributed by atoms with Gasteiger partial charge in [0.1, 0.15) is 5.17 Å². The van der Waals surface area contributed by atoms with Crippen LogP contribution < -0.4 is 0 Å². The van der Waals surface area contributed by atoms with Crippen LogP contribution in [-0.2, 0) is 0 Å². The van der Waals surface area contributed by atoms with Gasteiger partial charge in [0.2, 0.25) is 0 Å². The van der Waals surface area contributed by atoms with Crippen LogP contribution in [0.25, 0.3) is 0 Å². The molecular weight excluding hydrogens is 136 g/mol. The highest BCUT2D eigenvalue weighted by Gasteiger charge is 2.10. The fourth-order valence-corrected chi connectivity index (χ4v) is 0.989. The zero-order chi connectivity index (χ0) is 6.69. The van der Waals surface area contributed by atoms with E-state index in [1.165, 1.54) is 0 Å². The van der Waals surface area contributed by atoms with Gasteiger partial charge < -0.3 is 0 Å². The first-order valence-corrected chi connectivity index (χ1v) is 3.23. The molecule has 9 heavy (non-hydrogen) atoms. The minimum atomic E-state index is 0.705. The van der Waals surface area contributed by atoms with Crippen molar-refractivity contribution >= 4 is 16.8 Å². The van der Waals surface area contributed by atoms with Crippen molar-refractivity contribution in [2.75, 3.05) is 19.8 Å². The van der Waals surface area contributed by atoms with Crippen molar-refractivity contribution in [3.05, 3.63) is 12.7 Å². The average Bonchev–Trinajstić information content (AvgIpc) is 2.17. The van der Waals surface area contributed by atoms with Crippen LogP contribution in [0.3, 0.4) is 0 Å². The number of halogens is 1. The van der Waals surface area contributed by atoms with E-state index in [-0.39, 0.29) is 0 Å². The van der Waals surface area contributed by atoms with Gasteiger partial charge >= 0.3 is 0 Å². The van der Waals surface area contributed by atoms with E-state index >= 15 is 0 Å². The monoisotopic (exact) mass is 144 g/mol. The maximum atomic E-state index is 5.62. The van der Waals surface area contributed by atoms with Gasteiger partial charge in [-0.3, -0.25) is 9.89 Å². The molecule has 1 aliphatic rings. The van der Waals surface area contributed by atoms with Crippen LogP contribution in [0, 0.1) is 0 Å². The van der Waals surface area contributed by atoms with Crippen LogP contribution >= 0.6 is 11.6 Å². The summed E-state index contributed by atoms with van der Waals surface area (Å²) in [6, 6.07) is 0. The van der Waals surface area contributed by atoms with E-state index < -0.39 is 0 Å². The Morgan fingerprint density at radius 2 is 2.67 bits per heavy atom. The molecule has 0 radical (unpaired) electrons. The first-order chi connectivity index (χ1) is 4.33. The Kier molecular flexibility index (Phi) is 2.25. The summed E-state index contributed by atoms with van der Waals surface area (Å²) in [5.41, 5.74) is 0. The van der Waals surface area contributed by atoms with Crippen molar-refractivity contribution in [1.82, 2.24) is 4.90 Å². The van der Waals surface area contributed by atoms with Crippen molar-refractivity contribution < 1.29 is 0 Å². The van der Waals surface area contributed by atoms with Gasteiger partial charge in [-0.25, -0.2) is 0 Å². The summed E-state index contributed by atoms with van der Waals surface area (Å²) in [6.45, 7) is 6.00. The lowest BCUT2D eigenvalue weighted by atomic mass is 10.5. The van der Waals surface area contributed by atoms with Crippen LogP contribution in [0.1, 0.15) is 0 Å². The second-order valence-corrected chi connectivity index (χ2v) is 2.41. The van der Waals surface area contributed by atoms with Gasteiger partial charge in [0.05, 0.1) is 13.2 Å². The van der Waals surface area contributed by atoms with E-state index in [0.29, 0.717) is 5.17 Å². The summed E-state index contributed by atoms with van der Waals surface area (Å²) in [5.74, 6) is 0. The standard InChI is InChI=1S/C6H9ClN2/c1-2-3-9-4-6(7)8-5-9/h2H,1,3-5H2. The van der Waals surface area contributed by atoms with E-state index in [0.717, 1.165) is 19.8 Å². The molecule has 0 bridgehead atoms. The van der Waals surface area contributed by atoms with Gasteiger partial charge in [-0.05, 0) is 0 Å². The Labute approximate surface area is 59.8 Å². The van der Waals surface area contributed by atoms with Crippen molar-refractivity contribution in [1.29, 1.82) is 0 Å². The third-order valence-corrected chi connectivity index (χ3v) is 1.42. The highest BCUT2D eigenvalue weighted by Crippen LogP contribution is 2.02. The second kappa shape index (κ2) is 2.99. The largest absolute Gasteiger partial charge is 0.274 e. The first-order valence-electron chi connectivity index (χ1n) is 2.85. The number of hydrogen-bond acceptors (Lipinski definition) is 2. The predicted molar refractivity (Wildman–Crippen MR) is 39.9 cm³/mol. The van der Waals surface area contributed by atoms with Gasteiger partial charge in [0.25, 0.3) is 0 Å². The molecule has 0 aromatic rings. The Hall–Kier alpha value is -0.340. The summed E-state index contributed by atoms with van der Waals surface area (Å²) in [4.78, 5) is 6.10. The van der Waals surface area contributed by atoms with E-state index in [4.69, 9.17) is 11.6 Å². The molecule has 0 unspecified atom stereocenters. The topological polar surface area (TPSA) is 15.6 Å². The molecule has 2 nitrogen and oxygen atoms in total. The minimum absolute atomic E-state index is 0.705. The molecule has 0 N–H and O–H groups in total. The van der Waals surface area contributed by atoms with Gasteiger partial charge in [0, 0.05) is 6.54 Å². The molecule has 0 aromatic carbocycles. The average molecular weight is 145 g/mol. The summed E-state index contributed by atoms with van der Waals surface area (Å²) in [5, 5.41) is 0.705. The molecular formula is C6H9ClN2. The molecule has 50 valence electrons. The van der Waals surface area contributed by atoms with Crippen molar-refractivity contribution in [3.8, 4) is 0 Å². The zero-order valence-electron chi connectivity index (χ0n) is 5.18. The van der Waals surface area contributed by atoms with Crippen LogP contribution in [0.15, 0.2) is 17.6 Å². The van der Waals surface area contributed by atoms with Crippen LogP contribution in [-0.4, -0.2) is 29.8 Å². The molecule has 0 spiro atoms. The third-order valence-electron chi connectivity index (χ3n) is 1.18. The Morgan fingerprint density at radius 3 is 3.11 bits per heavy atom. The van der Waals surface area contributed by atoms with Crippen molar-refractivity contribution in [2.45, 2.75) is 0 Å². The predicted octanol–water partition coefficient (Wildman–Crippen LogP) is 1.08. The Morgan fingerprint density at radius 1 is 1.89 bits per heavy atom. The fourth-order valence-electron chi connectivity index (χ4n) is 0.766. The maximum absolute atomic E-state index is 5.62. The van der Waals surface area contributed by atoms with E-state index in [2.05, 4.69) is 16.5 Å². The zero-order valence-corrected chi connectivity index (χ0v) is 5.93. The third kappa shape index (κ3) is 1.80. The SMILES string of the molecule is C=CCN1CN=C(Cl)C1. The molecule has 0 amide bonds. The van der Waals surface area contributed by atoms with Gasteiger partial charge in [-0.15, -0.1) is 6.58 Å². The Balaban J connectivity index is 2.28. The van der Waals surface area contributed by atoms with Gasteiger partial charge in [-0.1, -0.05) is 17.7 Å². The van der Waals surface area contributed by atoms with Gasteiger partial charge in [0.15, 0.2) is 0 Å². The molecule has 1 heterocycles. The maximum Gasteiger partial charge on any atom is 0.116 e. The minimum Gasteiger partial charge on any atom is -0.274 e. The quantitative estimate of drug-likeness (QED) is 0.530. The molecule has 0 saturated heterocycles. The number of aliphatic imine (C=N–C) groups is 1. The van der Waals surface area contributed by atoms with Crippen LogP contribution in [0.2, 0.25) is 0 Å². The van der Waals surface area contributed by atoms with E-state index in [1.54, 1.807) is 0 Å². The summed E-state index contributed by atoms with van der Waals surface area (Å²) in [7, 11) is 0. The lowest BCUT2D eigenvalue weighted by Gasteiger charge is -2.08. The molecule has 0 atom stereocenters. The molecule has 1 rings (SSSR count). The number of rotatable bonds is 2. The van der Waals surface area contributed by atoms with Crippen LogP contribution in [0.4, 0.5) is 0 Å². The summed E-state index contributed by atoms with van der Waals surface area (Å²) in [6.07, 6.45) is 1.85. The lowest BCUT2D eigenvalue weighted by Crippen LogP contribution is -2.21. The summed E-state index contributed by atoms with van der Waals surface area (Å²) < 4.78 is 0. The normalized spacial score (nSPS) is 19.9. The van der Waals surface area contributed by atoms with Gasteiger partial charge in [-0.2, -0.15) is 0 Å². The number of nitrogens with zero attached hydrogens (tertiary/aromatic N) is 2. The molecule has 0 saturated carbocycles. The number of hydrogen-bond donors (Lipinski definition) is 0. The fraction of sp³-hybridized carbons (Fsp3) is 0.500. The molecule has 0 aromatic heterocycles. The lowest BCUT2D eigenvalue weighted by molar-refractivity contribution is 0.381. The van der Waals surface area contributed by atoms with Crippen LogP contribution in [0.5, 0.6) is 0 Å². The smallest absolute Gasteiger partial charge is 0.116 e. The van der Waals surface area contributed by atoms with E-state index in [1.807, 2.05) is 6.08 Å². The molecule has 0 fully saturated rings. The Bertz CT molecular complexity index is 142. The highest BCUT2D eigenvalue weighted by atomic mass is 35.5. The van der Waals surface area contributed by atoms with E-state index in [9.17, 15) is 0 Å². The molecule has 3 heteroatoms. The highest BCUT2D eigenvalue weighted by molar-refractivity contribution is 6.66. The second-order valence-electron chi connectivity index (χ2n) is 1.98. The first kappa shape index (κ1) is 6.78. The molecule has 1 aliphatic heterocycles. The summed E-state index contributed by atoms with van der Waals surface area (Å²) >= 11 is 5.62.